The summed E-state index contributed by atoms with van der Waals surface area (Å²) in [4.78, 5) is 0. The van der Waals surface area contributed by atoms with E-state index in [1.54, 1.807) is 0 Å². The van der Waals surface area contributed by atoms with E-state index in [9.17, 15) is 4.21 Å². The highest BCUT2D eigenvalue weighted by Crippen LogP contribution is 2.35. The average Bonchev–Trinajstić information content (AvgIpc) is 1.98. The largest absolute Gasteiger partial charge is 0.277 e. The van der Waals surface area contributed by atoms with Gasteiger partial charge >= 0.3 is 0 Å². The van der Waals surface area contributed by atoms with Crippen LogP contribution < -0.4 is 0 Å². The van der Waals surface area contributed by atoms with Gasteiger partial charge in [0.25, 0.3) is 0 Å². The first-order chi connectivity index (χ1) is 5.08. The fraction of sp³-hybridized carbons (Fsp3) is 0.714. The van der Waals surface area contributed by atoms with Crippen LogP contribution in [-0.2, 0) is 14.3 Å². The summed E-state index contributed by atoms with van der Waals surface area (Å²) in [6.45, 7) is 3.80. The van der Waals surface area contributed by atoms with Crippen molar-refractivity contribution in [2.45, 2.75) is 20.0 Å². The molecule has 3 unspecified atom stereocenters. The number of hydrogen-bond acceptors (Lipinski definition) is 3. The SMILES string of the molecule is C#CC1(C)CSS(=O)OC1C. The Balaban J connectivity index is 2.73. The van der Waals surface area contributed by atoms with Gasteiger partial charge in [-0.25, -0.2) is 4.21 Å². The molecule has 0 radical (unpaired) electrons. The van der Waals surface area contributed by atoms with Crippen molar-refractivity contribution in [2.75, 3.05) is 5.75 Å². The molecule has 0 aromatic carbocycles. The molecule has 0 aliphatic carbocycles. The molecule has 1 fully saturated rings. The molecule has 0 saturated carbocycles. The zero-order valence-corrected chi connectivity index (χ0v) is 8.13. The maximum absolute atomic E-state index is 10.9. The average molecular weight is 190 g/mol. The molecule has 4 heteroatoms. The van der Waals surface area contributed by atoms with Crippen LogP contribution in [0.1, 0.15) is 13.8 Å². The summed E-state index contributed by atoms with van der Waals surface area (Å²) < 4.78 is 15.9. The van der Waals surface area contributed by atoms with Gasteiger partial charge in [-0.2, -0.15) is 0 Å². The van der Waals surface area contributed by atoms with Crippen LogP contribution in [0.5, 0.6) is 0 Å². The summed E-state index contributed by atoms with van der Waals surface area (Å²) in [6.07, 6.45) is 5.21. The van der Waals surface area contributed by atoms with Gasteiger partial charge in [0, 0.05) is 5.75 Å². The standard InChI is InChI=1S/C7H10O2S2/c1-4-7(3)5-10-11(8)9-6(7)2/h1,6H,5H2,2-3H3. The Hall–Kier alpha value is 0.0200. The first kappa shape index (κ1) is 9.11. The third-order valence-corrected chi connectivity index (χ3v) is 4.43. The van der Waals surface area contributed by atoms with Gasteiger partial charge in [-0.15, -0.1) is 6.42 Å². The summed E-state index contributed by atoms with van der Waals surface area (Å²) in [7, 11) is 0.0634. The van der Waals surface area contributed by atoms with E-state index in [0.29, 0.717) is 5.75 Å². The van der Waals surface area contributed by atoms with Gasteiger partial charge in [0.05, 0.1) is 11.5 Å². The van der Waals surface area contributed by atoms with Crippen LogP contribution >= 0.6 is 10.8 Å². The molecule has 0 bridgehead atoms. The molecule has 1 aliphatic heterocycles. The predicted octanol–water partition coefficient (Wildman–Crippen LogP) is 1.36. The summed E-state index contributed by atoms with van der Waals surface area (Å²) in [5.41, 5.74) is -0.265. The number of terminal acetylenes is 1. The van der Waals surface area contributed by atoms with Gasteiger partial charge in [-0.05, 0) is 24.6 Å². The van der Waals surface area contributed by atoms with Gasteiger partial charge in [-0.3, -0.25) is 4.18 Å². The summed E-state index contributed by atoms with van der Waals surface area (Å²) in [5.74, 6) is 3.38. The minimum atomic E-state index is -1.20. The van der Waals surface area contributed by atoms with E-state index < -0.39 is 10.1 Å². The second-order valence-corrected chi connectivity index (χ2v) is 5.42. The van der Waals surface area contributed by atoms with Gasteiger partial charge in [0.1, 0.15) is 0 Å². The van der Waals surface area contributed by atoms with Crippen LogP contribution in [0.3, 0.4) is 0 Å². The third-order valence-electron chi connectivity index (χ3n) is 1.90. The molecule has 0 aromatic heterocycles. The maximum Gasteiger partial charge on any atom is 0.219 e. The van der Waals surface area contributed by atoms with Gasteiger partial charge < -0.3 is 0 Å². The summed E-state index contributed by atoms with van der Waals surface area (Å²) in [5, 5.41) is 0. The van der Waals surface area contributed by atoms with Crippen molar-refractivity contribution in [3.63, 3.8) is 0 Å². The lowest BCUT2D eigenvalue weighted by atomic mass is 9.88. The molecule has 1 rings (SSSR count). The van der Waals surface area contributed by atoms with E-state index in [4.69, 9.17) is 10.6 Å². The van der Waals surface area contributed by atoms with Crippen molar-refractivity contribution < 1.29 is 8.39 Å². The molecule has 0 aromatic rings. The van der Waals surface area contributed by atoms with Crippen molar-refractivity contribution in [1.82, 2.24) is 0 Å². The maximum atomic E-state index is 10.9. The molecule has 0 spiro atoms. The first-order valence-electron chi connectivity index (χ1n) is 3.28. The molecule has 1 aliphatic rings. The van der Waals surface area contributed by atoms with Crippen molar-refractivity contribution in [1.29, 1.82) is 0 Å². The van der Waals surface area contributed by atoms with E-state index in [1.165, 1.54) is 10.8 Å². The molecular weight excluding hydrogens is 180 g/mol. The monoisotopic (exact) mass is 190 g/mol. The van der Waals surface area contributed by atoms with Crippen molar-refractivity contribution in [3.05, 3.63) is 0 Å². The molecule has 0 amide bonds. The molecule has 2 nitrogen and oxygen atoms in total. The molecule has 0 N–H and O–H groups in total. The van der Waals surface area contributed by atoms with Crippen LogP contribution in [0.25, 0.3) is 0 Å². The molecule has 11 heavy (non-hydrogen) atoms. The third kappa shape index (κ3) is 1.78. The quantitative estimate of drug-likeness (QED) is 0.426. The summed E-state index contributed by atoms with van der Waals surface area (Å²) in [6, 6.07) is 0. The Bertz CT molecular complexity index is 221. The molecular formula is C7H10O2S2. The first-order valence-corrected chi connectivity index (χ1v) is 5.86. The number of rotatable bonds is 0. The predicted molar refractivity (Wildman–Crippen MR) is 48.1 cm³/mol. The van der Waals surface area contributed by atoms with Gasteiger partial charge in [0.2, 0.25) is 10.1 Å². The number of hydrogen-bond donors (Lipinski definition) is 0. The van der Waals surface area contributed by atoms with Gasteiger partial charge in [0.15, 0.2) is 0 Å². The van der Waals surface area contributed by atoms with Gasteiger partial charge in [-0.1, -0.05) is 5.92 Å². The van der Waals surface area contributed by atoms with E-state index in [1.807, 2.05) is 13.8 Å². The lowest BCUT2D eigenvalue weighted by molar-refractivity contribution is 0.151. The van der Waals surface area contributed by atoms with E-state index >= 15 is 0 Å². The Morgan fingerprint density at radius 1 is 1.91 bits per heavy atom. The highest BCUT2D eigenvalue weighted by atomic mass is 33.1. The highest BCUT2D eigenvalue weighted by Gasteiger charge is 2.36. The summed E-state index contributed by atoms with van der Waals surface area (Å²) >= 11 is 0. The minimum Gasteiger partial charge on any atom is -0.277 e. The topological polar surface area (TPSA) is 26.3 Å². The molecule has 1 heterocycles. The van der Waals surface area contributed by atoms with E-state index in [2.05, 4.69) is 5.92 Å². The second kappa shape index (κ2) is 3.18. The zero-order valence-electron chi connectivity index (χ0n) is 6.49. The Morgan fingerprint density at radius 2 is 2.55 bits per heavy atom. The fourth-order valence-electron chi connectivity index (χ4n) is 0.699. The van der Waals surface area contributed by atoms with Crippen LogP contribution in [0.2, 0.25) is 0 Å². The van der Waals surface area contributed by atoms with Crippen molar-refractivity contribution in [2.24, 2.45) is 5.41 Å². The van der Waals surface area contributed by atoms with Crippen molar-refractivity contribution in [3.8, 4) is 12.3 Å². The Kier molecular flexibility index (Phi) is 2.63. The normalized spacial score (nSPS) is 44.8. The molecule has 1 saturated heterocycles. The highest BCUT2D eigenvalue weighted by molar-refractivity contribution is 8.67. The Labute approximate surface area is 73.1 Å². The minimum absolute atomic E-state index is 0.116. The van der Waals surface area contributed by atoms with Crippen LogP contribution in [-0.4, -0.2) is 16.1 Å². The zero-order chi connectivity index (χ0) is 8.48. The van der Waals surface area contributed by atoms with Crippen molar-refractivity contribution >= 4 is 20.9 Å². The second-order valence-electron chi connectivity index (χ2n) is 2.77. The fourth-order valence-corrected chi connectivity index (χ4v) is 3.40. The molecule has 62 valence electrons. The van der Waals surface area contributed by atoms with Crippen LogP contribution in [0.4, 0.5) is 0 Å². The lowest BCUT2D eigenvalue weighted by Gasteiger charge is -2.32. The van der Waals surface area contributed by atoms with E-state index in [-0.39, 0.29) is 11.5 Å². The smallest absolute Gasteiger partial charge is 0.219 e. The van der Waals surface area contributed by atoms with Crippen LogP contribution in [0, 0.1) is 17.8 Å². The Morgan fingerprint density at radius 3 is 3.00 bits per heavy atom. The van der Waals surface area contributed by atoms with E-state index in [0.717, 1.165) is 0 Å². The van der Waals surface area contributed by atoms with Crippen LogP contribution in [0.15, 0.2) is 0 Å². The lowest BCUT2D eigenvalue weighted by Crippen LogP contribution is -2.37. The molecule has 3 atom stereocenters.